The Morgan fingerprint density at radius 2 is 2.03 bits per heavy atom. The van der Waals surface area contributed by atoms with Gasteiger partial charge < -0.3 is 32.1 Å². The summed E-state index contributed by atoms with van der Waals surface area (Å²) in [4.78, 5) is 54.7. The van der Waals surface area contributed by atoms with Crippen molar-refractivity contribution < 1.29 is 41.7 Å². The lowest BCUT2D eigenvalue weighted by Crippen LogP contribution is -2.73. The first-order valence-electron chi connectivity index (χ1n) is 7.65. The van der Waals surface area contributed by atoms with Crippen LogP contribution in [0.2, 0.25) is 0 Å². The molecule has 2 heterocycles. The highest BCUT2D eigenvalue weighted by Crippen LogP contribution is 2.24. The van der Waals surface area contributed by atoms with Crippen molar-refractivity contribution in [1.82, 2.24) is 14.6 Å². The number of nitrogens with two attached hydrogens (primary N) is 3. The third kappa shape index (κ3) is 5.30. The molecular formula is C12H15N7O9S2. The lowest BCUT2D eigenvalue weighted by atomic mass is 9.99. The smallest absolute Gasteiger partial charge is 0.404 e. The average molecular weight is 465 g/mol. The summed E-state index contributed by atoms with van der Waals surface area (Å²) in [5.74, 6) is -3.20. The number of hydrogen-bond donors (Lipinski definition) is 5. The maximum atomic E-state index is 12.6. The molecule has 0 aliphatic carbocycles. The van der Waals surface area contributed by atoms with E-state index in [1.165, 1.54) is 5.38 Å². The number of thiazole rings is 1. The van der Waals surface area contributed by atoms with Crippen LogP contribution in [0.3, 0.4) is 0 Å². The largest absolute Gasteiger partial charge is 0.447 e. The molecule has 0 radical (unpaired) electrons. The van der Waals surface area contributed by atoms with E-state index in [1.54, 1.807) is 0 Å². The van der Waals surface area contributed by atoms with Crippen molar-refractivity contribution in [2.75, 3.05) is 18.9 Å². The topological polar surface area (TPSA) is 260 Å². The molecule has 0 unspecified atom stereocenters. The second-order valence-electron chi connectivity index (χ2n) is 5.51. The second-order valence-corrected chi connectivity index (χ2v) is 7.69. The highest BCUT2D eigenvalue weighted by atomic mass is 32.2. The van der Waals surface area contributed by atoms with Crippen molar-refractivity contribution >= 4 is 56.3 Å². The van der Waals surface area contributed by atoms with Gasteiger partial charge in [-0.15, -0.1) is 11.3 Å². The number of amides is 4. The number of carbonyl (C=O) groups excluding carboxylic acids is 4. The molecule has 8 N–H and O–H groups in total. The van der Waals surface area contributed by atoms with E-state index < -0.39 is 65.1 Å². The van der Waals surface area contributed by atoms with Gasteiger partial charge in [0.1, 0.15) is 24.4 Å². The number of β-lactam (4-membered cyclic amide) rings is 1. The zero-order valence-corrected chi connectivity index (χ0v) is 16.4. The van der Waals surface area contributed by atoms with Crippen LogP contribution in [0.5, 0.6) is 0 Å². The number of carbonyl (C=O) groups is 4. The van der Waals surface area contributed by atoms with Gasteiger partial charge in [-0.05, 0) is 0 Å². The molecule has 164 valence electrons. The van der Waals surface area contributed by atoms with E-state index in [0.717, 1.165) is 11.3 Å². The maximum Gasteiger partial charge on any atom is 0.404 e. The first-order chi connectivity index (χ1) is 13.9. The van der Waals surface area contributed by atoms with Gasteiger partial charge in [0, 0.05) is 5.38 Å². The molecule has 1 aromatic heterocycles. The fraction of sp³-hybridized carbons (Fsp3) is 0.333. The van der Waals surface area contributed by atoms with Crippen molar-refractivity contribution in [1.29, 1.82) is 0 Å². The van der Waals surface area contributed by atoms with Gasteiger partial charge in [0.2, 0.25) is 0 Å². The molecule has 4 amide bonds. The standard InChI is InChI=1S/C12H15N7O9S2/c13-6(20)2-28-18-7(4-3-29-11(14)16-4)9(21)17-8-5(1-27-12(15)23)19(10(8)22)30(24,25)26/h3,5,8H,1-2H2,(H2,13,20)(H2,14,16)(H2,15,23)(H,17,21)(H,24,25,26)/t5-,8+/m1/s1. The van der Waals surface area contributed by atoms with Gasteiger partial charge in [0.25, 0.3) is 17.7 Å². The second kappa shape index (κ2) is 8.88. The van der Waals surface area contributed by atoms with Gasteiger partial charge in [-0.1, -0.05) is 5.16 Å². The van der Waals surface area contributed by atoms with Crippen LogP contribution < -0.4 is 22.5 Å². The minimum atomic E-state index is -5.01. The number of nitrogen functional groups attached to an aromatic ring is 1. The maximum absolute atomic E-state index is 12.6. The Hall–Kier alpha value is -3.51. The first-order valence-corrected chi connectivity index (χ1v) is 9.93. The van der Waals surface area contributed by atoms with Crippen LogP contribution in [0, 0.1) is 0 Å². The van der Waals surface area contributed by atoms with Crippen LogP contribution in [0.1, 0.15) is 5.69 Å². The van der Waals surface area contributed by atoms with Gasteiger partial charge >= 0.3 is 16.4 Å². The van der Waals surface area contributed by atoms with E-state index in [1.807, 2.05) is 0 Å². The fourth-order valence-corrected chi connectivity index (χ4v) is 3.68. The van der Waals surface area contributed by atoms with Crippen molar-refractivity contribution in [2.45, 2.75) is 12.1 Å². The van der Waals surface area contributed by atoms with Gasteiger partial charge in [-0.2, -0.15) is 8.42 Å². The van der Waals surface area contributed by atoms with Gasteiger partial charge in [0.15, 0.2) is 17.5 Å². The van der Waals surface area contributed by atoms with E-state index in [0.29, 0.717) is 0 Å². The van der Waals surface area contributed by atoms with Gasteiger partial charge in [0.05, 0.1) is 0 Å². The number of nitrogens with zero attached hydrogens (tertiary/aromatic N) is 3. The van der Waals surface area contributed by atoms with Crippen molar-refractivity contribution in [2.24, 2.45) is 16.6 Å². The van der Waals surface area contributed by atoms with Crippen LogP contribution >= 0.6 is 11.3 Å². The monoisotopic (exact) mass is 465 g/mol. The third-order valence-corrected chi connectivity index (χ3v) is 5.06. The molecule has 1 aromatic rings. The minimum absolute atomic E-state index is 0.00210. The molecule has 2 atom stereocenters. The molecule has 1 fully saturated rings. The summed E-state index contributed by atoms with van der Waals surface area (Å²) in [5.41, 5.74) is 14.6. The summed E-state index contributed by atoms with van der Waals surface area (Å²) in [6.07, 6.45) is -1.28. The molecule has 2 rings (SSSR count). The summed E-state index contributed by atoms with van der Waals surface area (Å²) in [6.45, 7) is -1.43. The predicted octanol–water partition coefficient (Wildman–Crippen LogP) is -3.47. The van der Waals surface area contributed by atoms with Crippen LogP contribution in [-0.4, -0.2) is 77.1 Å². The first kappa shape index (κ1) is 22.8. The van der Waals surface area contributed by atoms with Crippen LogP contribution in [-0.2, 0) is 34.3 Å². The molecule has 0 aromatic carbocycles. The third-order valence-electron chi connectivity index (χ3n) is 3.44. The van der Waals surface area contributed by atoms with Gasteiger partial charge in [-0.3, -0.25) is 18.9 Å². The van der Waals surface area contributed by atoms with Crippen LogP contribution in [0.4, 0.5) is 9.93 Å². The quantitative estimate of drug-likeness (QED) is 0.103. The zero-order valence-electron chi connectivity index (χ0n) is 14.7. The number of hydrogen-bond acceptors (Lipinski definition) is 12. The number of oxime groups is 1. The molecule has 30 heavy (non-hydrogen) atoms. The van der Waals surface area contributed by atoms with Crippen LogP contribution in [0.15, 0.2) is 10.5 Å². The van der Waals surface area contributed by atoms with E-state index in [2.05, 4.69) is 25.0 Å². The Bertz CT molecular complexity index is 1010. The highest BCUT2D eigenvalue weighted by molar-refractivity contribution is 7.84. The Labute approximate surface area is 171 Å². The van der Waals surface area contributed by atoms with Crippen LogP contribution in [0.25, 0.3) is 0 Å². The molecular weight excluding hydrogens is 450 g/mol. The minimum Gasteiger partial charge on any atom is -0.447 e. The summed E-state index contributed by atoms with van der Waals surface area (Å²) in [6, 6.07) is -3.03. The summed E-state index contributed by atoms with van der Waals surface area (Å²) in [7, 11) is -5.01. The van der Waals surface area contributed by atoms with E-state index >= 15 is 0 Å². The number of rotatable bonds is 9. The van der Waals surface area contributed by atoms with E-state index in [4.69, 9.17) is 21.8 Å². The summed E-state index contributed by atoms with van der Waals surface area (Å²) in [5, 5.41) is 6.97. The summed E-state index contributed by atoms with van der Waals surface area (Å²) >= 11 is 0.944. The molecule has 1 saturated heterocycles. The average Bonchev–Trinajstić information content (AvgIpc) is 3.04. The normalized spacial score (nSPS) is 19.0. The molecule has 0 saturated carbocycles. The fourth-order valence-electron chi connectivity index (χ4n) is 2.26. The molecule has 0 bridgehead atoms. The van der Waals surface area contributed by atoms with E-state index in [9.17, 15) is 27.6 Å². The number of nitrogens with one attached hydrogen (secondary N) is 1. The Balaban J connectivity index is 2.24. The molecule has 1 aliphatic rings. The molecule has 18 heteroatoms. The molecule has 0 spiro atoms. The number of ether oxygens (including phenoxy) is 1. The van der Waals surface area contributed by atoms with Gasteiger partial charge in [-0.25, -0.2) is 14.1 Å². The lowest BCUT2D eigenvalue weighted by Gasteiger charge is -2.43. The SMILES string of the molecule is NC(=O)CON=C(C(=O)N[C@@H]1C(=O)N(S(=O)(=O)O)[C@@H]1COC(N)=O)c1csc(N)n1. The van der Waals surface area contributed by atoms with E-state index in [-0.39, 0.29) is 15.1 Å². The number of primary amides is 2. The summed E-state index contributed by atoms with van der Waals surface area (Å²) < 4.78 is 36.3. The Kier molecular flexibility index (Phi) is 6.74. The number of anilines is 1. The van der Waals surface area contributed by atoms with Crippen molar-refractivity contribution in [3.05, 3.63) is 11.1 Å². The zero-order chi connectivity index (χ0) is 22.6. The van der Waals surface area contributed by atoms with Crippen molar-refractivity contribution in [3.8, 4) is 0 Å². The Morgan fingerprint density at radius 1 is 1.37 bits per heavy atom. The number of aromatic nitrogens is 1. The lowest BCUT2D eigenvalue weighted by molar-refractivity contribution is -0.146. The highest BCUT2D eigenvalue weighted by Gasteiger charge is 2.54. The molecule has 1 aliphatic heterocycles. The predicted molar refractivity (Wildman–Crippen MR) is 97.9 cm³/mol. The molecule has 16 nitrogen and oxygen atoms in total. The Morgan fingerprint density at radius 3 is 2.53 bits per heavy atom. The van der Waals surface area contributed by atoms with Crippen molar-refractivity contribution in [3.63, 3.8) is 0 Å².